The molecule has 0 aliphatic heterocycles. The Bertz CT molecular complexity index is 257. The first kappa shape index (κ1) is 12.3. The zero-order chi connectivity index (χ0) is 10.9. The van der Waals surface area contributed by atoms with Gasteiger partial charge in [-0.15, -0.1) is 11.8 Å². The van der Waals surface area contributed by atoms with Crippen molar-refractivity contribution >= 4 is 0 Å². The molecule has 0 aromatic heterocycles. The van der Waals surface area contributed by atoms with Crippen molar-refractivity contribution in [2.45, 2.75) is 57.9 Å². The molecule has 0 heterocycles. The lowest BCUT2D eigenvalue weighted by atomic mass is 9.93. The second-order valence-corrected chi connectivity index (χ2v) is 4.14. The maximum atomic E-state index is 5.55. The Morgan fingerprint density at radius 3 is 3.00 bits per heavy atom. The highest BCUT2D eigenvalue weighted by atomic mass is 15.2. The number of nitrogens with two attached hydrogens (primary N) is 1. The van der Waals surface area contributed by atoms with Crippen LogP contribution >= 0.6 is 0 Å². The summed E-state index contributed by atoms with van der Waals surface area (Å²) in [7, 11) is 0. The van der Waals surface area contributed by atoms with Gasteiger partial charge in [-0.2, -0.15) is 0 Å². The molecule has 15 heavy (non-hydrogen) atoms. The Kier molecular flexibility index (Phi) is 6.15. The van der Waals surface area contributed by atoms with Gasteiger partial charge < -0.3 is 0 Å². The maximum absolute atomic E-state index is 5.55. The summed E-state index contributed by atoms with van der Waals surface area (Å²) in [5.74, 6) is 11.5. The summed E-state index contributed by atoms with van der Waals surface area (Å²) in [6.45, 7) is 1.88. The molecule has 1 atom stereocenters. The van der Waals surface area contributed by atoms with Gasteiger partial charge >= 0.3 is 0 Å². The number of hydrazine groups is 1. The molecule has 0 aromatic rings. The predicted octanol–water partition coefficient (Wildman–Crippen LogP) is 2.51. The molecule has 84 valence electrons. The van der Waals surface area contributed by atoms with Crippen molar-refractivity contribution in [3.8, 4) is 11.8 Å². The zero-order valence-electron chi connectivity index (χ0n) is 9.68. The van der Waals surface area contributed by atoms with E-state index < -0.39 is 0 Å². The van der Waals surface area contributed by atoms with Crippen molar-refractivity contribution in [3.05, 3.63) is 11.6 Å². The fraction of sp³-hybridized carbons (Fsp3) is 0.692. The average Bonchev–Trinajstić information content (AvgIpc) is 2.29. The van der Waals surface area contributed by atoms with Crippen molar-refractivity contribution in [1.82, 2.24) is 5.43 Å². The van der Waals surface area contributed by atoms with Crippen LogP contribution in [0.5, 0.6) is 0 Å². The van der Waals surface area contributed by atoms with Crippen LogP contribution in [0.4, 0.5) is 0 Å². The highest BCUT2D eigenvalue weighted by molar-refractivity contribution is 5.07. The molecule has 0 bridgehead atoms. The highest BCUT2D eigenvalue weighted by Gasteiger charge is 2.10. The Morgan fingerprint density at radius 2 is 2.40 bits per heavy atom. The molecule has 2 nitrogen and oxygen atoms in total. The molecule has 2 heteroatoms. The molecule has 0 aromatic carbocycles. The topological polar surface area (TPSA) is 38.0 Å². The van der Waals surface area contributed by atoms with Crippen LogP contribution in [-0.4, -0.2) is 6.04 Å². The van der Waals surface area contributed by atoms with E-state index >= 15 is 0 Å². The normalized spacial score (nSPS) is 17.6. The van der Waals surface area contributed by atoms with E-state index in [1.807, 2.05) is 6.92 Å². The molecule has 0 amide bonds. The van der Waals surface area contributed by atoms with Crippen molar-refractivity contribution in [1.29, 1.82) is 0 Å². The molecule has 0 saturated heterocycles. The van der Waals surface area contributed by atoms with Gasteiger partial charge in [0.15, 0.2) is 0 Å². The quantitative estimate of drug-likeness (QED) is 0.314. The van der Waals surface area contributed by atoms with Gasteiger partial charge in [0.25, 0.3) is 0 Å². The molecule has 0 saturated carbocycles. The van der Waals surface area contributed by atoms with Crippen LogP contribution in [0.15, 0.2) is 11.6 Å². The minimum atomic E-state index is 0.398. The van der Waals surface area contributed by atoms with Crippen LogP contribution in [0.2, 0.25) is 0 Å². The van der Waals surface area contributed by atoms with Crippen molar-refractivity contribution in [2.24, 2.45) is 5.84 Å². The van der Waals surface area contributed by atoms with Gasteiger partial charge in [0.1, 0.15) is 0 Å². The average molecular weight is 206 g/mol. The van der Waals surface area contributed by atoms with E-state index in [4.69, 9.17) is 5.84 Å². The molecular formula is C13H22N2. The van der Waals surface area contributed by atoms with Crippen LogP contribution in [0, 0.1) is 11.8 Å². The van der Waals surface area contributed by atoms with E-state index in [0.717, 1.165) is 19.3 Å². The first-order chi connectivity index (χ1) is 7.36. The summed E-state index contributed by atoms with van der Waals surface area (Å²) < 4.78 is 0. The monoisotopic (exact) mass is 206 g/mol. The molecule has 0 spiro atoms. The standard InChI is InChI=1S/C13H22N2/c1-2-3-5-10-13(15-14)11-12-8-6-4-7-9-12/h8,13,15H,4-7,9-11,14H2,1H3. The second kappa shape index (κ2) is 7.50. The van der Waals surface area contributed by atoms with E-state index in [1.54, 1.807) is 5.57 Å². The summed E-state index contributed by atoms with van der Waals surface area (Å²) in [5.41, 5.74) is 4.48. The zero-order valence-corrected chi connectivity index (χ0v) is 9.68. The SMILES string of the molecule is CC#CCCC(CC1=CCCCC1)NN. The fourth-order valence-corrected chi connectivity index (χ4v) is 2.02. The van der Waals surface area contributed by atoms with Gasteiger partial charge in [0.05, 0.1) is 0 Å². The summed E-state index contributed by atoms with van der Waals surface area (Å²) in [6, 6.07) is 0.398. The smallest absolute Gasteiger partial charge is 0.0256 e. The molecule has 1 aliphatic rings. The highest BCUT2D eigenvalue weighted by Crippen LogP contribution is 2.22. The molecule has 1 aliphatic carbocycles. The largest absolute Gasteiger partial charge is 0.271 e. The van der Waals surface area contributed by atoms with E-state index in [-0.39, 0.29) is 0 Å². The molecule has 0 fully saturated rings. The van der Waals surface area contributed by atoms with Crippen molar-refractivity contribution in [2.75, 3.05) is 0 Å². The van der Waals surface area contributed by atoms with E-state index in [1.165, 1.54) is 25.7 Å². The summed E-state index contributed by atoms with van der Waals surface area (Å²) in [4.78, 5) is 0. The van der Waals surface area contributed by atoms with Crippen LogP contribution < -0.4 is 11.3 Å². The van der Waals surface area contributed by atoms with Gasteiger partial charge in [-0.25, -0.2) is 0 Å². The van der Waals surface area contributed by atoms with Gasteiger partial charge in [0.2, 0.25) is 0 Å². The lowest BCUT2D eigenvalue weighted by Crippen LogP contribution is -2.35. The minimum Gasteiger partial charge on any atom is -0.271 e. The second-order valence-electron chi connectivity index (χ2n) is 4.14. The summed E-state index contributed by atoms with van der Waals surface area (Å²) in [6.07, 6.45) is 10.7. The number of nitrogens with one attached hydrogen (secondary N) is 1. The number of allylic oxidation sites excluding steroid dienone is 1. The van der Waals surface area contributed by atoms with Gasteiger partial charge in [-0.1, -0.05) is 11.6 Å². The molecule has 3 N–H and O–H groups in total. The lowest BCUT2D eigenvalue weighted by molar-refractivity contribution is 0.483. The van der Waals surface area contributed by atoms with Crippen molar-refractivity contribution in [3.63, 3.8) is 0 Å². The van der Waals surface area contributed by atoms with Crippen LogP contribution in [0.1, 0.15) is 51.9 Å². The first-order valence-corrected chi connectivity index (χ1v) is 5.90. The van der Waals surface area contributed by atoms with E-state index in [0.29, 0.717) is 6.04 Å². The van der Waals surface area contributed by atoms with E-state index in [2.05, 4.69) is 23.3 Å². The number of rotatable bonds is 5. The number of hydrogen-bond donors (Lipinski definition) is 2. The third kappa shape index (κ3) is 5.01. The predicted molar refractivity (Wildman–Crippen MR) is 65.0 cm³/mol. The number of hydrogen-bond acceptors (Lipinski definition) is 2. The van der Waals surface area contributed by atoms with Gasteiger partial charge in [0, 0.05) is 12.5 Å². The summed E-state index contributed by atoms with van der Waals surface area (Å²) >= 11 is 0. The van der Waals surface area contributed by atoms with Crippen LogP contribution in [0.25, 0.3) is 0 Å². The molecule has 0 radical (unpaired) electrons. The molecule has 1 unspecified atom stereocenters. The van der Waals surface area contributed by atoms with E-state index in [9.17, 15) is 0 Å². The Labute approximate surface area is 93.3 Å². The lowest BCUT2D eigenvalue weighted by Gasteiger charge is -2.19. The van der Waals surface area contributed by atoms with Crippen molar-refractivity contribution < 1.29 is 0 Å². The third-order valence-corrected chi connectivity index (χ3v) is 2.92. The minimum absolute atomic E-state index is 0.398. The van der Waals surface area contributed by atoms with Gasteiger partial charge in [-0.3, -0.25) is 11.3 Å². The third-order valence-electron chi connectivity index (χ3n) is 2.92. The molecule has 1 rings (SSSR count). The Hall–Kier alpha value is -0.780. The Morgan fingerprint density at radius 1 is 1.53 bits per heavy atom. The van der Waals surface area contributed by atoms with Gasteiger partial charge in [-0.05, 0) is 45.4 Å². The van der Waals surface area contributed by atoms with Crippen LogP contribution in [-0.2, 0) is 0 Å². The molecular weight excluding hydrogens is 184 g/mol. The van der Waals surface area contributed by atoms with Crippen LogP contribution in [0.3, 0.4) is 0 Å². The maximum Gasteiger partial charge on any atom is 0.0256 e. The summed E-state index contributed by atoms with van der Waals surface area (Å²) in [5, 5.41) is 0. The first-order valence-electron chi connectivity index (χ1n) is 5.90. The fourth-order valence-electron chi connectivity index (χ4n) is 2.02. The Balaban J connectivity index is 2.30.